The van der Waals surface area contributed by atoms with Gasteiger partial charge in [-0.1, -0.05) is 18.2 Å². The molecule has 2 heterocycles. The van der Waals surface area contributed by atoms with E-state index in [2.05, 4.69) is 15.1 Å². The number of rotatable bonds is 3. The molecule has 6 heteroatoms. The number of aryl methyl sites for hydroxylation is 2. The Bertz CT molecular complexity index is 971. The van der Waals surface area contributed by atoms with Gasteiger partial charge < -0.3 is 5.73 Å². The first-order chi connectivity index (χ1) is 11.9. The SMILES string of the molecule is Cc1cccc(C)c1-c1nc(N)ncc1-c1ccc(=O)n(C(C)C)n1. The second kappa shape index (κ2) is 6.47. The average molecular weight is 335 g/mol. The molecular formula is C19H21N5O. The minimum Gasteiger partial charge on any atom is -0.368 e. The van der Waals surface area contributed by atoms with Gasteiger partial charge in [0.2, 0.25) is 5.95 Å². The smallest absolute Gasteiger partial charge is 0.267 e. The van der Waals surface area contributed by atoms with Crippen LogP contribution in [-0.2, 0) is 0 Å². The number of aromatic nitrogens is 4. The highest BCUT2D eigenvalue weighted by Gasteiger charge is 2.17. The third-order valence-corrected chi connectivity index (χ3v) is 4.12. The summed E-state index contributed by atoms with van der Waals surface area (Å²) in [6.45, 7) is 7.91. The molecule has 2 N–H and O–H groups in total. The van der Waals surface area contributed by atoms with E-state index in [9.17, 15) is 4.79 Å². The van der Waals surface area contributed by atoms with Gasteiger partial charge in [-0.25, -0.2) is 14.6 Å². The number of hydrogen-bond acceptors (Lipinski definition) is 5. The molecule has 0 aliphatic rings. The van der Waals surface area contributed by atoms with Crippen LogP contribution in [-0.4, -0.2) is 19.7 Å². The summed E-state index contributed by atoms with van der Waals surface area (Å²) in [7, 11) is 0. The Kier molecular flexibility index (Phi) is 4.35. The van der Waals surface area contributed by atoms with Gasteiger partial charge >= 0.3 is 0 Å². The largest absolute Gasteiger partial charge is 0.368 e. The molecule has 0 aliphatic carbocycles. The Labute approximate surface area is 146 Å². The van der Waals surface area contributed by atoms with Crippen molar-refractivity contribution in [2.24, 2.45) is 0 Å². The van der Waals surface area contributed by atoms with Gasteiger partial charge in [0.15, 0.2) is 0 Å². The molecule has 0 unspecified atom stereocenters. The molecule has 0 atom stereocenters. The Morgan fingerprint density at radius 3 is 2.40 bits per heavy atom. The van der Waals surface area contributed by atoms with E-state index in [0.29, 0.717) is 5.69 Å². The van der Waals surface area contributed by atoms with Crippen LogP contribution in [0.3, 0.4) is 0 Å². The molecule has 3 rings (SSSR count). The summed E-state index contributed by atoms with van der Waals surface area (Å²) in [6.07, 6.45) is 1.67. The van der Waals surface area contributed by atoms with Crippen LogP contribution in [0, 0.1) is 13.8 Å². The molecule has 2 aromatic heterocycles. The first-order valence-corrected chi connectivity index (χ1v) is 8.18. The number of nitrogens with two attached hydrogens (primary N) is 1. The van der Waals surface area contributed by atoms with Gasteiger partial charge in [-0.05, 0) is 44.9 Å². The fourth-order valence-electron chi connectivity index (χ4n) is 2.90. The van der Waals surface area contributed by atoms with E-state index in [4.69, 9.17) is 5.73 Å². The van der Waals surface area contributed by atoms with E-state index >= 15 is 0 Å². The number of anilines is 1. The molecule has 6 nitrogen and oxygen atoms in total. The van der Waals surface area contributed by atoms with Crippen LogP contribution in [0.2, 0.25) is 0 Å². The normalized spacial score (nSPS) is 11.1. The second-order valence-corrected chi connectivity index (χ2v) is 6.35. The lowest BCUT2D eigenvalue weighted by molar-refractivity contribution is 0.505. The minimum atomic E-state index is -0.135. The van der Waals surface area contributed by atoms with Crippen molar-refractivity contribution in [2.75, 3.05) is 5.73 Å². The van der Waals surface area contributed by atoms with Crippen molar-refractivity contribution in [3.05, 3.63) is 58.0 Å². The van der Waals surface area contributed by atoms with Crippen molar-refractivity contribution in [1.29, 1.82) is 0 Å². The summed E-state index contributed by atoms with van der Waals surface area (Å²) in [5, 5.41) is 4.50. The molecule has 0 radical (unpaired) electrons. The summed E-state index contributed by atoms with van der Waals surface area (Å²) in [5.74, 6) is 0.207. The molecule has 1 aromatic carbocycles. The highest BCUT2D eigenvalue weighted by Crippen LogP contribution is 2.33. The number of benzene rings is 1. The van der Waals surface area contributed by atoms with Crippen LogP contribution >= 0.6 is 0 Å². The first-order valence-electron chi connectivity index (χ1n) is 8.18. The van der Waals surface area contributed by atoms with Gasteiger partial charge in [-0.15, -0.1) is 0 Å². The molecule has 0 spiro atoms. The summed E-state index contributed by atoms with van der Waals surface area (Å²) in [5.41, 5.74) is 11.0. The fourth-order valence-corrected chi connectivity index (χ4v) is 2.90. The Morgan fingerprint density at radius 1 is 1.08 bits per heavy atom. The fraction of sp³-hybridized carbons (Fsp3) is 0.263. The zero-order chi connectivity index (χ0) is 18.1. The molecule has 0 fully saturated rings. The van der Waals surface area contributed by atoms with Gasteiger partial charge in [-0.2, -0.15) is 5.10 Å². The van der Waals surface area contributed by atoms with Crippen LogP contribution in [0.5, 0.6) is 0 Å². The average Bonchev–Trinajstić information content (AvgIpc) is 2.55. The van der Waals surface area contributed by atoms with Crippen molar-refractivity contribution in [1.82, 2.24) is 19.7 Å². The third kappa shape index (κ3) is 3.15. The predicted octanol–water partition coefficient (Wildman–Crippen LogP) is 3.15. The predicted molar refractivity (Wildman–Crippen MR) is 99.2 cm³/mol. The van der Waals surface area contributed by atoms with E-state index in [1.165, 1.54) is 10.7 Å². The maximum Gasteiger partial charge on any atom is 0.267 e. The van der Waals surface area contributed by atoms with E-state index in [1.807, 2.05) is 45.9 Å². The first kappa shape index (κ1) is 16.8. The summed E-state index contributed by atoms with van der Waals surface area (Å²) < 4.78 is 1.46. The number of nitrogens with zero attached hydrogens (tertiary/aromatic N) is 4. The van der Waals surface area contributed by atoms with Gasteiger partial charge in [0.1, 0.15) is 0 Å². The highest BCUT2D eigenvalue weighted by molar-refractivity contribution is 5.82. The van der Waals surface area contributed by atoms with Crippen LogP contribution in [0.25, 0.3) is 22.5 Å². The van der Waals surface area contributed by atoms with Crippen molar-refractivity contribution >= 4 is 5.95 Å². The zero-order valence-electron chi connectivity index (χ0n) is 14.8. The Balaban J connectivity index is 2.29. The van der Waals surface area contributed by atoms with Gasteiger partial charge in [0.25, 0.3) is 5.56 Å². The highest BCUT2D eigenvalue weighted by atomic mass is 16.1. The molecule has 0 saturated heterocycles. The summed E-state index contributed by atoms with van der Waals surface area (Å²) in [4.78, 5) is 20.6. The molecule has 0 saturated carbocycles. The minimum absolute atomic E-state index is 0.0363. The van der Waals surface area contributed by atoms with Gasteiger partial charge in [0, 0.05) is 23.4 Å². The summed E-state index contributed by atoms with van der Waals surface area (Å²) >= 11 is 0. The van der Waals surface area contributed by atoms with E-state index in [-0.39, 0.29) is 17.5 Å². The number of nitrogen functional groups attached to an aromatic ring is 1. The molecule has 0 amide bonds. The lowest BCUT2D eigenvalue weighted by Crippen LogP contribution is -2.24. The van der Waals surface area contributed by atoms with Crippen LogP contribution < -0.4 is 11.3 Å². The molecule has 25 heavy (non-hydrogen) atoms. The topological polar surface area (TPSA) is 86.7 Å². The van der Waals surface area contributed by atoms with Crippen molar-refractivity contribution in [3.8, 4) is 22.5 Å². The van der Waals surface area contributed by atoms with Crippen molar-refractivity contribution < 1.29 is 0 Å². The Hall–Kier alpha value is -3.02. The maximum absolute atomic E-state index is 12.0. The second-order valence-electron chi connectivity index (χ2n) is 6.35. The standard InChI is InChI=1S/C19H21N5O/c1-11(2)24-16(25)9-8-15(23-24)14-10-21-19(20)22-18(14)17-12(3)6-5-7-13(17)4/h5-11H,1-4H3,(H2,20,21,22). The molecular weight excluding hydrogens is 314 g/mol. The lowest BCUT2D eigenvalue weighted by Gasteiger charge is -2.15. The van der Waals surface area contributed by atoms with Crippen molar-refractivity contribution in [2.45, 2.75) is 33.7 Å². The Morgan fingerprint density at radius 2 is 1.76 bits per heavy atom. The molecule has 3 aromatic rings. The molecule has 0 bridgehead atoms. The van der Waals surface area contributed by atoms with Crippen molar-refractivity contribution in [3.63, 3.8) is 0 Å². The molecule has 128 valence electrons. The maximum atomic E-state index is 12.0. The van der Waals surface area contributed by atoms with Crippen LogP contribution in [0.4, 0.5) is 5.95 Å². The lowest BCUT2D eigenvalue weighted by atomic mass is 9.96. The van der Waals surface area contributed by atoms with E-state index in [1.54, 1.807) is 12.3 Å². The van der Waals surface area contributed by atoms with E-state index < -0.39 is 0 Å². The van der Waals surface area contributed by atoms with Crippen LogP contribution in [0.1, 0.15) is 31.0 Å². The van der Waals surface area contributed by atoms with Gasteiger partial charge in [0.05, 0.1) is 17.4 Å². The monoisotopic (exact) mass is 335 g/mol. The van der Waals surface area contributed by atoms with Crippen LogP contribution in [0.15, 0.2) is 41.3 Å². The number of hydrogen-bond donors (Lipinski definition) is 1. The molecule has 0 aliphatic heterocycles. The summed E-state index contributed by atoms with van der Waals surface area (Å²) in [6, 6.07) is 9.27. The zero-order valence-corrected chi connectivity index (χ0v) is 14.8. The third-order valence-electron chi connectivity index (χ3n) is 4.12. The van der Waals surface area contributed by atoms with E-state index in [0.717, 1.165) is 27.9 Å². The quantitative estimate of drug-likeness (QED) is 0.794. The van der Waals surface area contributed by atoms with Gasteiger partial charge in [-0.3, -0.25) is 4.79 Å².